The standard InChI is InChI=1S/C21H26N6O3S/c1-31-11-10-17(27-20(29)15-4-2-3-5-16(15)21(27)30)19(28)22-14-8-6-13(7-9-14)12-18-23-25-26-24-18/h6-9,15-17H,2-5,10-12H2,1H3,(H,22,28)(H,23,24,25,26). The van der Waals surface area contributed by atoms with Crippen LogP contribution >= 0.6 is 11.8 Å². The Kier molecular flexibility index (Phi) is 6.64. The molecule has 3 amide bonds. The number of imide groups is 1. The summed E-state index contributed by atoms with van der Waals surface area (Å²) in [5, 5.41) is 16.7. The summed E-state index contributed by atoms with van der Waals surface area (Å²) in [7, 11) is 0. The van der Waals surface area contributed by atoms with Crippen LogP contribution in [0, 0.1) is 11.8 Å². The van der Waals surface area contributed by atoms with E-state index >= 15 is 0 Å². The fourth-order valence-electron chi connectivity index (χ4n) is 4.47. The molecule has 31 heavy (non-hydrogen) atoms. The largest absolute Gasteiger partial charge is 0.324 e. The third-order valence-electron chi connectivity index (χ3n) is 6.06. The van der Waals surface area contributed by atoms with E-state index in [4.69, 9.17) is 0 Å². The molecule has 4 rings (SSSR count). The van der Waals surface area contributed by atoms with Gasteiger partial charge in [-0.05, 0) is 49.0 Å². The van der Waals surface area contributed by atoms with Crippen LogP contribution in [0.25, 0.3) is 0 Å². The number of anilines is 1. The van der Waals surface area contributed by atoms with Gasteiger partial charge in [0.2, 0.25) is 17.7 Å². The summed E-state index contributed by atoms with van der Waals surface area (Å²) in [6.07, 6.45) is 6.33. The zero-order valence-corrected chi connectivity index (χ0v) is 18.2. The van der Waals surface area contributed by atoms with Crippen LogP contribution in [0.4, 0.5) is 5.69 Å². The number of fused-ring (bicyclic) bond motifs is 1. The molecule has 2 aromatic rings. The minimum Gasteiger partial charge on any atom is -0.324 e. The van der Waals surface area contributed by atoms with Crippen molar-refractivity contribution in [3.63, 3.8) is 0 Å². The van der Waals surface area contributed by atoms with E-state index in [1.54, 1.807) is 23.9 Å². The average molecular weight is 443 g/mol. The Morgan fingerprint density at radius 1 is 1.19 bits per heavy atom. The monoisotopic (exact) mass is 442 g/mol. The predicted molar refractivity (Wildman–Crippen MR) is 116 cm³/mol. The highest BCUT2D eigenvalue weighted by Crippen LogP contribution is 2.39. The van der Waals surface area contributed by atoms with Crippen LogP contribution < -0.4 is 5.32 Å². The summed E-state index contributed by atoms with van der Waals surface area (Å²) in [6, 6.07) is 6.57. The average Bonchev–Trinajstić information content (AvgIpc) is 3.38. The number of benzene rings is 1. The van der Waals surface area contributed by atoms with Crippen molar-refractivity contribution in [3.05, 3.63) is 35.7 Å². The molecule has 0 bridgehead atoms. The molecule has 3 unspecified atom stereocenters. The van der Waals surface area contributed by atoms with Gasteiger partial charge in [-0.25, -0.2) is 0 Å². The molecule has 2 N–H and O–H groups in total. The second-order valence-electron chi connectivity index (χ2n) is 8.03. The van der Waals surface area contributed by atoms with Gasteiger partial charge in [-0.15, -0.1) is 10.2 Å². The van der Waals surface area contributed by atoms with Gasteiger partial charge in [0, 0.05) is 12.1 Å². The van der Waals surface area contributed by atoms with Crippen LogP contribution in [0.2, 0.25) is 0 Å². The number of thioether (sulfide) groups is 1. The van der Waals surface area contributed by atoms with Crippen LogP contribution in [-0.2, 0) is 20.8 Å². The molecule has 0 radical (unpaired) electrons. The first-order valence-corrected chi connectivity index (χ1v) is 12.0. The lowest BCUT2D eigenvalue weighted by Crippen LogP contribution is -2.48. The van der Waals surface area contributed by atoms with Gasteiger partial charge in [-0.2, -0.15) is 17.0 Å². The molecule has 2 aliphatic rings. The SMILES string of the molecule is CSCCC(C(=O)Nc1ccc(Cc2nn[nH]n2)cc1)N1C(=O)C2CCCCC2C1=O. The quantitative estimate of drug-likeness (QED) is 0.600. The van der Waals surface area contributed by atoms with Gasteiger partial charge in [0.15, 0.2) is 5.82 Å². The highest BCUT2D eigenvalue weighted by Gasteiger charge is 2.51. The van der Waals surface area contributed by atoms with E-state index in [1.165, 1.54) is 4.90 Å². The summed E-state index contributed by atoms with van der Waals surface area (Å²) in [6.45, 7) is 0. The number of carbonyl (C=O) groups excluding carboxylic acids is 3. The normalized spacial score (nSPS) is 21.8. The van der Waals surface area contributed by atoms with Gasteiger partial charge in [0.25, 0.3) is 0 Å². The summed E-state index contributed by atoms with van der Waals surface area (Å²) in [4.78, 5) is 40.4. The van der Waals surface area contributed by atoms with Gasteiger partial charge >= 0.3 is 0 Å². The first kappa shape index (κ1) is 21.5. The zero-order valence-electron chi connectivity index (χ0n) is 17.4. The smallest absolute Gasteiger partial charge is 0.247 e. The number of hydrogen-bond acceptors (Lipinski definition) is 7. The third-order valence-corrected chi connectivity index (χ3v) is 6.70. The van der Waals surface area contributed by atoms with Gasteiger partial charge in [0.1, 0.15) is 6.04 Å². The number of H-pyrrole nitrogens is 1. The molecule has 0 spiro atoms. The first-order chi connectivity index (χ1) is 15.1. The third kappa shape index (κ3) is 4.63. The maximum Gasteiger partial charge on any atom is 0.247 e. The summed E-state index contributed by atoms with van der Waals surface area (Å²) in [5.41, 5.74) is 1.60. The number of likely N-dealkylation sites (tertiary alicyclic amines) is 1. The molecule has 1 aromatic heterocycles. The molecule has 1 aliphatic carbocycles. The van der Waals surface area contributed by atoms with Crippen molar-refractivity contribution in [1.29, 1.82) is 0 Å². The van der Waals surface area contributed by atoms with Crippen molar-refractivity contribution in [2.24, 2.45) is 11.8 Å². The fourth-order valence-corrected chi connectivity index (χ4v) is 4.93. The number of amides is 3. The molecule has 1 aliphatic heterocycles. The number of aromatic amines is 1. The molecule has 1 saturated carbocycles. The molecule has 2 fully saturated rings. The fraction of sp³-hybridized carbons (Fsp3) is 0.524. The van der Waals surface area contributed by atoms with Crippen molar-refractivity contribution < 1.29 is 14.4 Å². The number of carbonyl (C=O) groups is 3. The van der Waals surface area contributed by atoms with Crippen LogP contribution in [0.15, 0.2) is 24.3 Å². The van der Waals surface area contributed by atoms with E-state index in [9.17, 15) is 14.4 Å². The Bertz CT molecular complexity index is 909. The van der Waals surface area contributed by atoms with Crippen molar-refractivity contribution >= 4 is 35.2 Å². The van der Waals surface area contributed by atoms with E-state index < -0.39 is 6.04 Å². The van der Waals surface area contributed by atoms with Gasteiger partial charge in [0.05, 0.1) is 11.8 Å². The molecular weight excluding hydrogens is 416 g/mol. The number of rotatable bonds is 8. The summed E-state index contributed by atoms with van der Waals surface area (Å²) in [5.74, 6) is 0.0961. The predicted octanol–water partition coefficient (Wildman–Crippen LogP) is 2.03. The molecule has 3 atom stereocenters. The number of aromatic nitrogens is 4. The first-order valence-electron chi connectivity index (χ1n) is 10.6. The lowest BCUT2D eigenvalue weighted by atomic mass is 9.81. The van der Waals surface area contributed by atoms with Crippen molar-refractivity contribution in [2.75, 3.05) is 17.3 Å². The van der Waals surface area contributed by atoms with Crippen molar-refractivity contribution in [2.45, 2.75) is 44.6 Å². The Balaban J connectivity index is 1.47. The summed E-state index contributed by atoms with van der Waals surface area (Å²) >= 11 is 1.60. The summed E-state index contributed by atoms with van der Waals surface area (Å²) < 4.78 is 0. The molecule has 9 nitrogen and oxygen atoms in total. The molecular formula is C21H26N6O3S. The minimum absolute atomic E-state index is 0.175. The second-order valence-corrected chi connectivity index (χ2v) is 9.02. The number of tetrazole rings is 1. The Morgan fingerprint density at radius 2 is 1.87 bits per heavy atom. The molecule has 2 heterocycles. The van der Waals surface area contributed by atoms with Gasteiger partial charge in [-0.3, -0.25) is 19.3 Å². The highest BCUT2D eigenvalue weighted by atomic mass is 32.2. The topological polar surface area (TPSA) is 121 Å². The maximum absolute atomic E-state index is 13.1. The molecule has 1 saturated heterocycles. The lowest BCUT2D eigenvalue weighted by molar-refractivity contribution is -0.146. The Hall–Kier alpha value is -2.75. The maximum atomic E-state index is 13.1. The van der Waals surface area contributed by atoms with Crippen LogP contribution in [0.3, 0.4) is 0 Å². The Morgan fingerprint density at radius 3 is 2.45 bits per heavy atom. The van der Waals surface area contributed by atoms with E-state index in [1.807, 2.05) is 18.4 Å². The highest BCUT2D eigenvalue weighted by molar-refractivity contribution is 7.98. The Labute approximate surface area is 184 Å². The van der Waals surface area contributed by atoms with Crippen LogP contribution in [0.1, 0.15) is 43.5 Å². The molecule has 164 valence electrons. The number of nitrogens with zero attached hydrogens (tertiary/aromatic N) is 4. The van der Waals surface area contributed by atoms with Gasteiger partial charge in [-0.1, -0.05) is 30.2 Å². The number of hydrogen-bond donors (Lipinski definition) is 2. The number of nitrogens with one attached hydrogen (secondary N) is 2. The molecule has 10 heteroatoms. The van der Waals surface area contributed by atoms with E-state index in [0.717, 1.165) is 31.2 Å². The zero-order chi connectivity index (χ0) is 21.8. The second kappa shape index (κ2) is 9.59. The van der Waals surface area contributed by atoms with E-state index in [0.29, 0.717) is 30.1 Å². The van der Waals surface area contributed by atoms with E-state index in [2.05, 4.69) is 25.9 Å². The molecule has 1 aromatic carbocycles. The minimum atomic E-state index is -0.781. The van der Waals surface area contributed by atoms with Crippen molar-refractivity contribution in [3.8, 4) is 0 Å². The van der Waals surface area contributed by atoms with Gasteiger partial charge < -0.3 is 5.32 Å². The van der Waals surface area contributed by atoms with Crippen LogP contribution in [0.5, 0.6) is 0 Å². The lowest BCUT2D eigenvalue weighted by Gasteiger charge is -2.26. The van der Waals surface area contributed by atoms with E-state index in [-0.39, 0.29) is 29.6 Å². The van der Waals surface area contributed by atoms with Crippen molar-refractivity contribution in [1.82, 2.24) is 25.5 Å². The van der Waals surface area contributed by atoms with Crippen LogP contribution in [-0.4, -0.2) is 61.3 Å².